The Morgan fingerprint density at radius 1 is 0.744 bits per heavy atom. The first-order chi connectivity index (χ1) is 18.5. The standard InChI is InChI=1S/C31H37F7O/c1-3-4-5-6-19-7-9-20(10-8-19)21-11-13-22(14-12-21)23-15-24(32)28(25(33)16-23)31(37,38)39-27-17-26(34)30(36)29(35)18(27)2/h15-17,19-22H,3-14H2,1-2H3. The van der Waals surface area contributed by atoms with Gasteiger partial charge in [-0.15, -0.1) is 0 Å². The lowest BCUT2D eigenvalue weighted by Crippen LogP contribution is -2.27. The van der Waals surface area contributed by atoms with Crippen LogP contribution in [0, 0.1) is 53.8 Å². The fourth-order valence-electron chi connectivity index (χ4n) is 6.62. The van der Waals surface area contributed by atoms with Gasteiger partial charge in [-0.25, -0.2) is 22.0 Å². The molecule has 0 radical (unpaired) electrons. The van der Waals surface area contributed by atoms with Crippen LogP contribution in [-0.4, -0.2) is 0 Å². The third-order valence-electron chi connectivity index (χ3n) is 8.97. The number of ether oxygens (including phenoxy) is 1. The van der Waals surface area contributed by atoms with Gasteiger partial charge >= 0.3 is 6.11 Å². The lowest BCUT2D eigenvalue weighted by Gasteiger charge is -2.38. The second kappa shape index (κ2) is 12.5. The third kappa shape index (κ3) is 6.74. The SMILES string of the molecule is CCCCCC1CCC(C2CCC(c3cc(F)c(C(F)(F)Oc4cc(F)c(F)c(F)c4C)c(F)c3)CC2)CC1. The summed E-state index contributed by atoms with van der Waals surface area (Å²) in [5.74, 6) is -7.40. The summed E-state index contributed by atoms with van der Waals surface area (Å²) >= 11 is 0. The van der Waals surface area contributed by atoms with Gasteiger partial charge in [0.2, 0.25) is 0 Å². The van der Waals surface area contributed by atoms with Crippen molar-refractivity contribution in [1.82, 2.24) is 0 Å². The first-order valence-corrected chi connectivity index (χ1v) is 14.2. The molecule has 2 aromatic carbocycles. The van der Waals surface area contributed by atoms with Crippen molar-refractivity contribution >= 4 is 0 Å². The van der Waals surface area contributed by atoms with Crippen LogP contribution in [0.1, 0.15) is 107 Å². The first-order valence-electron chi connectivity index (χ1n) is 14.2. The maximum atomic E-state index is 14.9. The molecule has 2 aliphatic carbocycles. The van der Waals surface area contributed by atoms with E-state index in [-0.39, 0.29) is 12.0 Å². The van der Waals surface area contributed by atoms with Crippen LogP contribution in [0.4, 0.5) is 30.7 Å². The zero-order valence-corrected chi connectivity index (χ0v) is 22.6. The van der Waals surface area contributed by atoms with Crippen molar-refractivity contribution in [3.05, 3.63) is 64.0 Å². The average molecular weight is 559 g/mol. The summed E-state index contributed by atoms with van der Waals surface area (Å²) in [6, 6.07) is 2.03. The van der Waals surface area contributed by atoms with Gasteiger partial charge in [0.1, 0.15) is 22.9 Å². The summed E-state index contributed by atoms with van der Waals surface area (Å²) in [6.45, 7) is 3.12. The molecular weight excluding hydrogens is 521 g/mol. The molecule has 8 heteroatoms. The number of benzene rings is 2. The fourth-order valence-corrected chi connectivity index (χ4v) is 6.62. The average Bonchev–Trinajstić information content (AvgIpc) is 2.90. The van der Waals surface area contributed by atoms with Crippen molar-refractivity contribution in [2.24, 2.45) is 17.8 Å². The van der Waals surface area contributed by atoms with E-state index in [0.717, 1.165) is 50.7 Å². The summed E-state index contributed by atoms with van der Waals surface area (Å²) in [4.78, 5) is 0. The van der Waals surface area contributed by atoms with E-state index < -0.39 is 52.1 Å². The smallest absolute Gasteiger partial charge is 0.428 e. The molecule has 216 valence electrons. The van der Waals surface area contributed by atoms with Gasteiger partial charge in [0, 0.05) is 11.6 Å². The highest BCUT2D eigenvalue weighted by atomic mass is 19.3. The quantitative estimate of drug-likeness (QED) is 0.169. The van der Waals surface area contributed by atoms with Gasteiger partial charge in [-0.05, 0) is 86.8 Å². The van der Waals surface area contributed by atoms with Crippen molar-refractivity contribution in [1.29, 1.82) is 0 Å². The molecule has 1 nitrogen and oxygen atoms in total. The Bertz CT molecular complexity index is 1110. The summed E-state index contributed by atoms with van der Waals surface area (Å²) < 4.78 is 104. The third-order valence-corrected chi connectivity index (χ3v) is 8.97. The molecular formula is C31H37F7O. The Morgan fingerprint density at radius 3 is 1.87 bits per heavy atom. The van der Waals surface area contributed by atoms with Crippen LogP contribution in [0.3, 0.4) is 0 Å². The molecule has 39 heavy (non-hydrogen) atoms. The van der Waals surface area contributed by atoms with Gasteiger partial charge in [-0.2, -0.15) is 8.78 Å². The molecule has 0 saturated heterocycles. The van der Waals surface area contributed by atoms with Crippen LogP contribution >= 0.6 is 0 Å². The topological polar surface area (TPSA) is 9.23 Å². The first kappa shape index (κ1) is 29.7. The molecule has 0 N–H and O–H groups in total. The maximum absolute atomic E-state index is 14.9. The number of halogens is 7. The molecule has 4 rings (SSSR count). The molecule has 0 atom stereocenters. The monoisotopic (exact) mass is 558 g/mol. The predicted molar refractivity (Wildman–Crippen MR) is 136 cm³/mol. The number of unbranched alkanes of at least 4 members (excludes halogenated alkanes) is 2. The molecule has 0 spiro atoms. The summed E-state index contributed by atoms with van der Waals surface area (Å²) in [6.07, 6.45) is 8.97. The van der Waals surface area contributed by atoms with Crippen LogP contribution in [0.5, 0.6) is 5.75 Å². The van der Waals surface area contributed by atoms with E-state index in [2.05, 4.69) is 11.7 Å². The number of hydrogen-bond acceptors (Lipinski definition) is 1. The highest BCUT2D eigenvalue weighted by Crippen LogP contribution is 2.46. The lowest BCUT2D eigenvalue weighted by atomic mass is 9.68. The second-order valence-corrected chi connectivity index (χ2v) is 11.5. The molecule has 0 unspecified atom stereocenters. The van der Waals surface area contributed by atoms with Crippen LogP contribution in [0.15, 0.2) is 18.2 Å². The van der Waals surface area contributed by atoms with Crippen molar-refractivity contribution in [3.8, 4) is 5.75 Å². The van der Waals surface area contributed by atoms with Gasteiger partial charge in [0.25, 0.3) is 0 Å². The molecule has 0 bridgehead atoms. The summed E-state index contributed by atoms with van der Waals surface area (Å²) in [7, 11) is 0. The summed E-state index contributed by atoms with van der Waals surface area (Å²) in [5.41, 5.74) is -2.08. The van der Waals surface area contributed by atoms with Crippen molar-refractivity contribution < 1.29 is 35.5 Å². The predicted octanol–water partition coefficient (Wildman–Crippen LogP) is 10.5. The van der Waals surface area contributed by atoms with Gasteiger partial charge in [-0.1, -0.05) is 45.4 Å². The van der Waals surface area contributed by atoms with Crippen LogP contribution < -0.4 is 4.74 Å². The van der Waals surface area contributed by atoms with E-state index in [1.807, 2.05) is 0 Å². The number of hydrogen-bond donors (Lipinski definition) is 0. The molecule has 0 aromatic heterocycles. The molecule has 2 aliphatic rings. The largest absolute Gasteiger partial charge is 0.432 e. The molecule has 2 aromatic rings. The number of alkyl halides is 2. The zero-order chi connectivity index (χ0) is 28.3. The zero-order valence-electron chi connectivity index (χ0n) is 22.6. The minimum absolute atomic E-state index is 0.137. The minimum Gasteiger partial charge on any atom is -0.428 e. The van der Waals surface area contributed by atoms with E-state index in [4.69, 9.17) is 0 Å². The Kier molecular flexibility index (Phi) is 9.53. The Hall–Kier alpha value is -2.25. The van der Waals surface area contributed by atoms with E-state index in [1.54, 1.807) is 0 Å². The van der Waals surface area contributed by atoms with E-state index in [9.17, 15) is 30.7 Å². The van der Waals surface area contributed by atoms with Crippen LogP contribution in [0.2, 0.25) is 0 Å². The normalized spacial score (nSPS) is 24.1. The molecule has 0 amide bonds. The highest BCUT2D eigenvalue weighted by molar-refractivity contribution is 5.37. The van der Waals surface area contributed by atoms with Gasteiger partial charge in [0.05, 0.1) is 0 Å². The molecule has 2 saturated carbocycles. The van der Waals surface area contributed by atoms with Crippen molar-refractivity contribution in [2.45, 2.75) is 103 Å². The minimum atomic E-state index is -4.58. The molecule has 0 heterocycles. The molecule has 0 aliphatic heterocycles. The van der Waals surface area contributed by atoms with Gasteiger partial charge < -0.3 is 4.74 Å². The highest BCUT2D eigenvalue weighted by Gasteiger charge is 2.42. The fraction of sp³-hybridized carbons (Fsp3) is 0.613. The summed E-state index contributed by atoms with van der Waals surface area (Å²) in [5, 5.41) is 0. The van der Waals surface area contributed by atoms with Gasteiger partial charge in [-0.3, -0.25) is 0 Å². The Balaban J connectivity index is 1.38. The maximum Gasteiger partial charge on any atom is 0.432 e. The van der Waals surface area contributed by atoms with E-state index in [0.29, 0.717) is 17.4 Å². The Morgan fingerprint density at radius 2 is 1.31 bits per heavy atom. The number of rotatable bonds is 9. The van der Waals surface area contributed by atoms with Gasteiger partial charge in [0.15, 0.2) is 17.5 Å². The van der Waals surface area contributed by atoms with Crippen LogP contribution in [-0.2, 0) is 6.11 Å². The lowest BCUT2D eigenvalue weighted by molar-refractivity contribution is -0.190. The van der Waals surface area contributed by atoms with E-state index >= 15 is 0 Å². The van der Waals surface area contributed by atoms with Crippen molar-refractivity contribution in [3.63, 3.8) is 0 Å². The van der Waals surface area contributed by atoms with E-state index in [1.165, 1.54) is 51.4 Å². The van der Waals surface area contributed by atoms with Crippen molar-refractivity contribution in [2.75, 3.05) is 0 Å². The molecule has 2 fully saturated rings. The Labute approximate surface area is 226 Å². The second-order valence-electron chi connectivity index (χ2n) is 11.5. The van der Waals surface area contributed by atoms with Crippen LogP contribution in [0.25, 0.3) is 0 Å².